The third-order valence-corrected chi connectivity index (χ3v) is 2.78. The van der Waals surface area contributed by atoms with E-state index >= 15 is 0 Å². The largest absolute Gasteiger partial charge is 0.327 e. The fourth-order valence-corrected chi connectivity index (χ4v) is 1.97. The molecule has 0 heterocycles. The molecule has 0 aromatic heterocycles. The Labute approximate surface area is 96.6 Å². The molecule has 0 aliphatic carbocycles. The Bertz CT molecular complexity index is 488. The van der Waals surface area contributed by atoms with Crippen molar-refractivity contribution in [1.29, 1.82) is 0 Å². The SMILES string of the molecule is C=CCC(N)Cc1ccc2ccccc2c1. The monoisotopic (exact) mass is 211 g/mol. The minimum atomic E-state index is 0.179. The Morgan fingerprint density at radius 3 is 2.62 bits per heavy atom. The second-order valence-corrected chi connectivity index (χ2v) is 4.17. The van der Waals surface area contributed by atoms with Gasteiger partial charge in [-0.05, 0) is 29.2 Å². The van der Waals surface area contributed by atoms with E-state index in [1.165, 1.54) is 16.3 Å². The molecular weight excluding hydrogens is 194 g/mol. The van der Waals surface area contributed by atoms with Crippen molar-refractivity contribution in [3.05, 3.63) is 60.7 Å². The molecule has 1 unspecified atom stereocenters. The molecule has 1 atom stereocenters. The van der Waals surface area contributed by atoms with E-state index in [1.807, 2.05) is 6.08 Å². The zero-order valence-electron chi connectivity index (χ0n) is 9.39. The zero-order valence-corrected chi connectivity index (χ0v) is 9.39. The van der Waals surface area contributed by atoms with E-state index in [0.29, 0.717) is 0 Å². The van der Waals surface area contributed by atoms with Gasteiger partial charge in [-0.25, -0.2) is 0 Å². The summed E-state index contributed by atoms with van der Waals surface area (Å²) in [7, 11) is 0. The third-order valence-electron chi connectivity index (χ3n) is 2.78. The van der Waals surface area contributed by atoms with Gasteiger partial charge in [0.1, 0.15) is 0 Å². The molecule has 0 aliphatic heterocycles. The second-order valence-electron chi connectivity index (χ2n) is 4.17. The maximum atomic E-state index is 5.99. The molecule has 0 saturated heterocycles. The van der Waals surface area contributed by atoms with E-state index in [2.05, 4.69) is 49.0 Å². The van der Waals surface area contributed by atoms with Crippen LogP contribution in [0.2, 0.25) is 0 Å². The molecule has 0 fully saturated rings. The summed E-state index contributed by atoms with van der Waals surface area (Å²) < 4.78 is 0. The lowest BCUT2D eigenvalue weighted by Crippen LogP contribution is -2.21. The number of rotatable bonds is 4. The van der Waals surface area contributed by atoms with Crippen molar-refractivity contribution in [1.82, 2.24) is 0 Å². The third kappa shape index (κ3) is 2.50. The number of hydrogen-bond donors (Lipinski definition) is 1. The lowest BCUT2D eigenvalue weighted by molar-refractivity contribution is 0.680. The highest BCUT2D eigenvalue weighted by molar-refractivity contribution is 5.82. The summed E-state index contributed by atoms with van der Waals surface area (Å²) in [5, 5.41) is 2.56. The number of fused-ring (bicyclic) bond motifs is 1. The zero-order chi connectivity index (χ0) is 11.4. The van der Waals surface area contributed by atoms with Gasteiger partial charge in [-0.3, -0.25) is 0 Å². The Balaban J connectivity index is 2.22. The van der Waals surface area contributed by atoms with Gasteiger partial charge in [0.05, 0.1) is 0 Å². The molecular formula is C15H17N. The number of benzene rings is 2. The Hall–Kier alpha value is -1.60. The summed E-state index contributed by atoms with van der Waals surface area (Å²) in [6.45, 7) is 3.71. The minimum absolute atomic E-state index is 0.179. The molecule has 16 heavy (non-hydrogen) atoms. The van der Waals surface area contributed by atoms with Crippen LogP contribution in [0, 0.1) is 0 Å². The molecule has 0 aliphatic rings. The van der Waals surface area contributed by atoms with Crippen LogP contribution in [-0.2, 0) is 6.42 Å². The van der Waals surface area contributed by atoms with Crippen molar-refractivity contribution < 1.29 is 0 Å². The Morgan fingerprint density at radius 1 is 1.12 bits per heavy atom. The van der Waals surface area contributed by atoms with Crippen molar-refractivity contribution in [2.75, 3.05) is 0 Å². The maximum absolute atomic E-state index is 5.99. The lowest BCUT2D eigenvalue weighted by Gasteiger charge is -2.09. The Morgan fingerprint density at radius 2 is 1.88 bits per heavy atom. The van der Waals surface area contributed by atoms with Crippen LogP contribution in [-0.4, -0.2) is 6.04 Å². The average molecular weight is 211 g/mol. The first-order chi connectivity index (χ1) is 7.79. The van der Waals surface area contributed by atoms with E-state index < -0.39 is 0 Å². The first kappa shape index (κ1) is 10.9. The van der Waals surface area contributed by atoms with Gasteiger partial charge in [-0.2, -0.15) is 0 Å². The van der Waals surface area contributed by atoms with Crippen molar-refractivity contribution in [2.45, 2.75) is 18.9 Å². The summed E-state index contributed by atoms with van der Waals surface area (Å²) in [5.74, 6) is 0. The van der Waals surface area contributed by atoms with Gasteiger partial charge in [0.2, 0.25) is 0 Å². The number of hydrogen-bond acceptors (Lipinski definition) is 1. The summed E-state index contributed by atoms with van der Waals surface area (Å²) in [6, 6.07) is 15.1. The topological polar surface area (TPSA) is 26.0 Å². The van der Waals surface area contributed by atoms with Crippen LogP contribution in [0.4, 0.5) is 0 Å². The van der Waals surface area contributed by atoms with Crippen LogP contribution in [0.3, 0.4) is 0 Å². The van der Waals surface area contributed by atoms with Crippen LogP contribution >= 0.6 is 0 Å². The molecule has 1 heteroatoms. The molecule has 2 aromatic rings. The predicted molar refractivity (Wildman–Crippen MR) is 70.4 cm³/mol. The van der Waals surface area contributed by atoms with Crippen molar-refractivity contribution in [3.8, 4) is 0 Å². The van der Waals surface area contributed by atoms with E-state index in [0.717, 1.165) is 12.8 Å². The first-order valence-corrected chi connectivity index (χ1v) is 5.64. The fourth-order valence-electron chi connectivity index (χ4n) is 1.97. The first-order valence-electron chi connectivity index (χ1n) is 5.64. The highest BCUT2D eigenvalue weighted by Gasteiger charge is 2.02. The molecule has 0 bridgehead atoms. The summed E-state index contributed by atoms with van der Waals surface area (Å²) in [4.78, 5) is 0. The van der Waals surface area contributed by atoms with Crippen LogP contribution in [0.25, 0.3) is 10.8 Å². The number of nitrogens with two attached hydrogens (primary N) is 1. The van der Waals surface area contributed by atoms with Crippen LogP contribution < -0.4 is 5.73 Å². The molecule has 0 saturated carbocycles. The van der Waals surface area contributed by atoms with Crippen molar-refractivity contribution in [2.24, 2.45) is 5.73 Å². The molecule has 0 amide bonds. The van der Waals surface area contributed by atoms with Gasteiger partial charge in [-0.15, -0.1) is 6.58 Å². The summed E-state index contributed by atoms with van der Waals surface area (Å²) in [5.41, 5.74) is 7.29. The molecule has 1 nitrogen and oxygen atoms in total. The highest BCUT2D eigenvalue weighted by atomic mass is 14.6. The average Bonchev–Trinajstić information content (AvgIpc) is 2.29. The van der Waals surface area contributed by atoms with Gasteiger partial charge < -0.3 is 5.73 Å². The van der Waals surface area contributed by atoms with Gasteiger partial charge >= 0.3 is 0 Å². The maximum Gasteiger partial charge on any atom is 0.0114 e. The molecule has 2 N–H and O–H groups in total. The van der Waals surface area contributed by atoms with Gasteiger partial charge in [-0.1, -0.05) is 48.5 Å². The molecule has 0 radical (unpaired) electrons. The molecule has 0 spiro atoms. The summed E-state index contributed by atoms with van der Waals surface area (Å²) >= 11 is 0. The molecule has 82 valence electrons. The van der Waals surface area contributed by atoms with E-state index in [9.17, 15) is 0 Å². The normalized spacial score (nSPS) is 12.6. The van der Waals surface area contributed by atoms with E-state index in [-0.39, 0.29) is 6.04 Å². The fraction of sp³-hybridized carbons (Fsp3) is 0.200. The Kier molecular flexibility index (Phi) is 3.37. The lowest BCUT2D eigenvalue weighted by atomic mass is 10.0. The van der Waals surface area contributed by atoms with Gasteiger partial charge in [0.15, 0.2) is 0 Å². The smallest absolute Gasteiger partial charge is 0.0114 e. The van der Waals surface area contributed by atoms with Crippen molar-refractivity contribution in [3.63, 3.8) is 0 Å². The van der Waals surface area contributed by atoms with E-state index in [4.69, 9.17) is 5.73 Å². The standard InChI is InChI=1S/C15H17N/c1-2-5-15(16)11-12-8-9-13-6-3-4-7-14(13)10-12/h2-4,6-10,15H,1,5,11,16H2. The molecule has 2 rings (SSSR count). The van der Waals surface area contributed by atoms with Crippen LogP contribution in [0.15, 0.2) is 55.1 Å². The summed E-state index contributed by atoms with van der Waals surface area (Å²) in [6.07, 6.45) is 3.66. The van der Waals surface area contributed by atoms with Crippen molar-refractivity contribution >= 4 is 10.8 Å². The second kappa shape index (κ2) is 4.95. The predicted octanol–water partition coefficient (Wildman–Crippen LogP) is 3.29. The van der Waals surface area contributed by atoms with Crippen LogP contribution in [0.5, 0.6) is 0 Å². The van der Waals surface area contributed by atoms with Crippen LogP contribution in [0.1, 0.15) is 12.0 Å². The van der Waals surface area contributed by atoms with Gasteiger partial charge in [0.25, 0.3) is 0 Å². The van der Waals surface area contributed by atoms with Gasteiger partial charge in [0, 0.05) is 6.04 Å². The quantitative estimate of drug-likeness (QED) is 0.772. The van der Waals surface area contributed by atoms with E-state index in [1.54, 1.807) is 0 Å². The molecule has 2 aromatic carbocycles. The minimum Gasteiger partial charge on any atom is -0.327 e. The highest BCUT2D eigenvalue weighted by Crippen LogP contribution is 2.16.